The van der Waals surface area contributed by atoms with Crippen LogP contribution in [0.25, 0.3) is 16.7 Å². The molecule has 2 heterocycles. The van der Waals surface area contributed by atoms with Crippen molar-refractivity contribution in [1.82, 2.24) is 14.9 Å². The molecule has 0 spiro atoms. The van der Waals surface area contributed by atoms with E-state index in [9.17, 15) is 9.18 Å². The molecule has 0 radical (unpaired) electrons. The summed E-state index contributed by atoms with van der Waals surface area (Å²) in [5.74, 6) is 0.593. The molecule has 0 saturated carbocycles. The summed E-state index contributed by atoms with van der Waals surface area (Å²) in [7, 11) is 0. The second kappa shape index (κ2) is 11.4. The van der Waals surface area contributed by atoms with Gasteiger partial charge < -0.3 is 10.1 Å². The van der Waals surface area contributed by atoms with Gasteiger partial charge in [0, 0.05) is 29.4 Å². The Morgan fingerprint density at radius 2 is 1.81 bits per heavy atom. The molecule has 0 atom stereocenters. The van der Waals surface area contributed by atoms with Crippen molar-refractivity contribution in [2.24, 2.45) is 5.92 Å². The quantitative estimate of drug-likeness (QED) is 0.246. The van der Waals surface area contributed by atoms with Gasteiger partial charge in [-0.25, -0.2) is 9.18 Å². The topological polar surface area (TPSA) is 56.1 Å². The van der Waals surface area contributed by atoms with Crippen LogP contribution in [0.2, 0.25) is 0 Å². The molecule has 0 unspecified atom stereocenters. The third kappa shape index (κ3) is 6.08. The minimum absolute atomic E-state index is 0.0801. The number of pyridine rings is 1. The number of rotatable bonds is 9. The zero-order valence-electron chi connectivity index (χ0n) is 21.9. The van der Waals surface area contributed by atoms with Gasteiger partial charge >= 0.3 is 6.03 Å². The molecule has 0 fully saturated rings. The maximum atomic E-state index is 13.7. The van der Waals surface area contributed by atoms with E-state index in [4.69, 9.17) is 4.74 Å². The van der Waals surface area contributed by atoms with Crippen LogP contribution in [-0.4, -0.2) is 22.2 Å². The van der Waals surface area contributed by atoms with Gasteiger partial charge in [0.05, 0.1) is 18.3 Å². The van der Waals surface area contributed by atoms with Crippen molar-refractivity contribution in [2.45, 2.75) is 46.6 Å². The van der Waals surface area contributed by atoms with E-state index in [-0.39, 0.29) is 18.5 Å². The highest BCUT2D eigenvalue weighted by molar-refractivity contribution is 5.97. The number of carbonyl (C=O) groups is 1. The summed E-state index contributed by atoms with van der Waals surface area (Å²) in [5.41, 5.74) is 5.44. The van der Waals surface area contributed by atoms with Crippen molar-refractivity contribution >= 4 is 22.7 Å². The van der Waals surface area contributed by atoms with E-state index in [1.165, 1.54) is 11.6 Å². The molecule has 0 saturated heterocycles. The molecule has 1 amide bonds. The van der Waals surface area contributed by atoms with Crippen LogP contribution in [0.15, 0.2) is 73.6 Å². The van der Waals surface area contributed by atoms with Crippen LogP contribution in [-0.2, 0) is 17.7 Å². The SMILES string of the molecule is C=C(OCC(C)C)c1ccc2c(Cc3ccccc3)c(C(C)C)n(C(=O)NCc3cncc(F)c3)c2c1. The number of nitrogens with zero attached hydrogens (tertiary/aromatic N) is 2. The third-order valence-electron chi connectivity index (χ3n) is 6.21. The van der Waals surface area contributed by atoms with Crippen LogP contribution in [0.5, 0.6) is 0 Å². The molecule has 4 rings (SSSR count). The lowest BCUT2D eigenvalue weighted by atomic mass is 9.97. The van der Waals surface area contributed by atoms with Gasteiger partial charge in [-0.15, -0.1) is 0 Å². The molecule has 0 bridgehead atoms. The molecule has 1 N–H and O–H groups in total. The van der Waals surface area contributed by atoms with Crippen molar-refractivity contribution in [2.75, 3.05) is 6.61 Å². The zero-order chi connectivity index (χ0) is 26.5. The largest absolute Gasteiger partial charge is 0.493 e. The van der Waals surface area contributed by atoms with Crippen LogP contribution >= 0.6 is 0 Å². The summed E-state index contributed by atoms with van der Waals surface area (Å²) >= 11 is 0. The monoisotopic (exact) mass is 499 g/mol. The molecule has 4 aromatic rings. The molecule has 5 nitrogen and oxygen atoms in total. The highest BCUT2D eigenvalue weighted by Gasteiger charge is 2.24. The fourth-order valence-corrected chi connectivity index (χ4v) is 4.52. The number of hydrogen-bond acceptors (Lipinski definition) is 3. The molecule has 192 valence electrons. The Labute approximate surface area is 218 Å². The van der Waals surface area contributed by atoms with Gasteiger partial charge in [-0.1, -0.05) is 76.7 Å². The van der Waals surface area contributed by atoms with Crippen LogP contribution in [0.3, 0.4) is 0 Å². The summed E-state index contributed by atoms with van der Waals surface area (Å²) in [6, 6.07) is 17.4. The van der Waals surface area contributed by atoms with E-state index in [0.717, 1.165) is 33.9 Å². The van der Waals surface area contributed by atoms with Gasteiger partial charge in [-0.2, -0.15) is 0 Å². The highest BCUT2D eigenvalue weighted by atomic mass is 19.1. The number of amides is 1. The number of carbonyl (C=O) groups excluding carboxylic acids is 1. The number of benzene rings is 2. The number of hydrogen-bond donors (Lipinski definition) is 1. The van der Waals surface area contributed by atoms with Crippen molar-refractivity contribution in [3.63, 3.8) is 0 Å². The molecule has 37 heavy (non-hydrogen) atoms. The van der Waals surface area contributed by atoms with Crippen molar-refractivity contribution in [3.05, 3.63) is 107 Å². The highest BCUT2D eigenvalue weighted by Crippen LogP contribution is 2.34. The first kappa shape index (κ1) is 26.1. The molecule has 2 aromatic heterocycles. The zero-order valence-corrected chi connectivity index (χ0v) is 21.9. The molecule has 2 aromatic carbocycles. The van der Waals surface area contributed by atoms with Gasteiger partial charge in [0.2, 0.25) is 0 Å². The Hall–Kier alpha value is -3.93. The molecule has 6 heteroatoms. The van der Waals surface area contributed by atoms with Gasteiger partial charge in [-0.05, 0) is 47.1 Å². The van der Waals surface area contributed by atoms with Gasteiger partial charge in [-0.3, -0.25) is 9.55 Å². The van der Waals surface area contributed by atoms with Crippen molar-refractivity contribution in [3.8, 4) is 0 Å². The first-order valence-electron chi connectivity index (χ1n) is 12.7. The third-order valence-corrected chi connectivity index (χ3v) is 6.21. The Kier molecular flexibility index (Phi) is 8.07. The Morgan fingerprint density at radius 1 is 1.05 bits per heavy atom. The number of fused-ring (bicyclic) bond motifs is 1. The molecule has 0 aliphatic carbocycles. The number of aromatic nitrogens is 2. The summed E-state index contributed by atoms with van der Waals surface area (Å²) < 4.78 is 21.3. The van der Waals surface area contributed by atoms with Crippen LogP contribution in [0.4, 0.5) is 9.18 Å². The van der Waals surface area contributed by atoms with Gasteiger partial charge in [0.15, 0.2) is 0 Å². The normalized spacial score (nSPS) is 11.3. The maximum Gasteiger partial charge on any atom is 0.326 e. The Bertz CT molecular complexity index is 1410. The smallest absolute Gasteiger partial charge is 0.326 e. The summed E-state index contributed by atoms with van der Waals surface area (Å²) in [4.78, 5) is 17.6. The second-order valence-electron chi connectivity index (χ2n) is 10.0. The van der Waals surface area contributed by atoms with Crippen molar-refractivity contribution < 1.29 is 13.9 Å². The van der Waals surface area contributed by atoms with Crippen molar-refractivity contribution in [1.29, 1.82) is 0 Å². The minimum Gasteiger partial charge on any atom is -0.493 e. The fourth-order valence-electron chi connectivity index (χ4n) is 4.52. The lowest BCUT2D eigenvalue weighted by Crippen LogP contribution is -2.29. The minimum atomic E-state index is -0.435. The first-order valence-corrected chi connectivity index (χ1v) is 12.7. The fraction of sp³-hybridized carbons (Fsp3) is 0.290. The molecular formula is C31H34FN3O2. The van der Waals surface area contributed by atoms with Crippen LogP contribution < -0.4 is 5.32 Å². The Morgan fingerprint density at radius 3 is 2.49 bits per heavy atom. The first-order chi connectivity index (χ1) is 17.7. The van der Waals surface area contributed by atoms with E-state index in [2.05, 4.69) is 62.8 Å². The van der Waals surface area contributed by atoms with E-state index < -0.39 is 5.82 Å². The average molecular weight is 500 g/mol. The number of nitrogens with one attached hydrogen (secondary N) is 1. The lowest BCUT2D eigenvalue weighted by molar-refractivity contribution is 0.236. The lowest BCUT2D eigenvalue weighted by Gasteiger charge is -2.16. The molecule has 0 aliphatic heterocycles. The predicted molar refractivity (Wildman–Crippen MR) is 147 cm³/mol. The van der Waals surface area contributed by atoms with Crippen LogP contribution in [0.1, 0.15) is 61.6 Å². The van der Waals surface area contributed by atoms with Crippen LogP contribution in [0, 0.1) is 11.7 Å². The Balaban J connectivity index is 1.80. The van der Waals surface area contributed by atoms with E-state index in [1.54, 1.807) is 10.8 Å². The van der Waals surface area contributed by atoms with E-state index >= 15 is 0 Å². The molecule has 0 aliphatic rings. The van der Waals surface area contributed by atoms with Gasteiger partial charge in [0.25, 0.3) is 0 Å². The average Bonchev–Trinajstić information content (AvgIpc) is 3.20. The summed E-state index contributed by atoms with van der Waals surface area (Å²) in [5, 5.41) is 3.97. The van der Waals surface area contributed by atoms with E-state index in [1.807, 2.05) is 30.3 Å². The maximum absolute atomic E-state index is 13.7. The summed E-state index contributed by atoms with van der Waals surface area (Å²) in [6.45, 7) is 13.2. The van der Waals surface area contributed by atoms with E-state index in [0.29, 0.717) is 30.3 Å². The van der Waals surface area contributed by atoms with Gasteiger partial charge in [0.1, 0.15) is 11.6 Å². The predicted octanol–water partition coefficient (Wildman–Crippen LogP) is 7.29. The summed E-state index contributed by atoms with van der Waals surface area (Å²) in [6.07, 6.45) is 3.39. The standard InChI is InChI=1S/C31H34FN3O2/c1-20(2)19-37-22(5)25-11-12-27-28(14-23-9-7-6-8-10-23)30(21(3)4)35(29(27)15-25)31(36)34-17-24-13-26(32)18-33-16-24/h6-13,15-16,18,20-21H,5,14,17,19H2,1-4H3,(H,34,36). The number of ether oxygens (including phenoxy) is 1. The second-order valence-corrected chi connectivity index (χ2v) is 10.0. The molecular weight excluding hydrogens is 465 g/mol. The number of halogens is 1.